The lowest BCUT2D eigenvalue weighted by Crippen LogP contribution is -2.52. The average Bonchev–Trinajstić information content (AvgIpc) is 3.12. The van der Waals surface area contributed by atoms with E-state index in [9.17, 15) is 14.4 Å². The Labute approximate surface area is 201 Å². The second-order valence-electron chi connectivity index (χ2n) is 10.8. The summed E-state index contributed by atoms with van der Waals surface area (Å²) in [7, 11) is 0. The van der Waals surface area contributed by atoms with Gasteiger partial charge >= 0.3 is 0 Å². The van der Waals surface area contributed by atoms with E-state index in [1.165, 1.54) is 17.8 Å². The number of primary amides is 1. The summed E-state index contributed by atoms with van der Waals surface area (Å²) in [4.78, 5) is 36.6. The molecule has 0 aliphatic heterocycles. The number of hydrogen-bond acceptors (Lipinski definition) is 5. The predicted octanol–water partition coefficient (Wildman–Crippen LogP) is 2.71. The van der Waals surface area contributed by atoms with Crippen molar-refractivity contribution in [2.45, 2.75) is 78.3 Å². The molecule has 2 unspecified atom stereocenters. The van der Waals surface area contributed by atoms with Crippen LogP contribution in [0.3, 0.4) is 0 Å². The minimum atomic E-state index is -0.591. The van der Waals surface area contributed by atoms with Crippen LogP contribution in [-0.2, 0) is 9.59 Å². The Hall–Kier alpha value is -2.84. The Balaban J connectivity index is 1.80. The highest BCUT2D eigenvalue weighted by Crippen LogP contribution is 2.43. The molecule has 1 aromatic rings. The molecule has 1 heterocycles. The van der Waals surface area contributed by atoms with E-state index in [0.29, 0.717) is 18.1 Å². The molecule has 0 aromatic carbocycles. The molecule has 9 heteroatoms. The van der Waals surface area contributed by atoms with Gasteiger partial charge in [-0.05, 0) is 63.4 Å². The number of carbonyl (C=O) groups is 3. The zero-order valence-electron chi connectivity index (χ0n) is 21.0. The van der Waals surface area contributed by atoms with Gasteiger partial charge in [-0.15, -0.1) is 0 Å². The summed E-state index contributed by atoms with van der Waals surface area (Å²) < 4.78 is 7.54. The van der Waals surface area contributed by atoms with Crippen molar-refractivity contribution in [3.05, 3.63) is 17.8 Å². The molecule has 2 bridgehead atoms. The van der Waals surface area contributed by atoms with Crippen molar-refractivity contribution < 1.29 is 19.1 Å². The van der Waals surface area contributed by atoms with Crippen molar-refractivity contribution in [2.24, 2.45) is 29.4 Å². The summed E-state index contributed by atoms with van der Waals surface area (Å²) in [5.41, 5.74) is 5.37. The monoisotopic (exact) mass is 473 g/mol. The van der Waals surface area contributed by atoms with Gasteiger partial charge in [-0.3, -0.25) is 14.4 Å². The van der Waals surface area contributed by atoms with E-state index in [0.717, 1.165) is 32.1 Å². The number of amides is 3. The van der Waals surface area contributed by atoms with E-state index in [4.69, 9.17) is 10.5 Å². The van der Waals surface area contributed by atoms with Gasteiger partial charge < -0.3 is 21.1 Å². The molecular weight excluding hydrogens is 434 g/mol. The molecule has 1 aromatic heterocycles. The fraction of sp³-hybridized carbons (Fsp3) is 0.680. The van der Waals surface area contributed by atoms with Crippen molar-refractivity contribution in [2.75, 3.05) is 6.61 Å². The first-order valence-corrected chi connectivity index (χ1v) is 12.3. The van der Waals surface area contributed by atoms with Gasteiger partial charge in [0, 0.05) is 25.1 Å². The highest BCUT2D eigenvalue weighted by atomic mass is 16.5. The first kappa shape index (κ1) is 25.8. The molecule has 9 nitrogen and oxygen atoms in total. The van der Waals surface area contributed by atoms with E-state index in [1.54, 1.807) is 12.3 Å². The normalized spacial score (nSPS) is 24.8. The van der Waals surface area contributed by atoms with E-state index >= 15 is 0 Å². The van der Waals surface area contributed by atoms with E-state index in [1.807, 2.05) is 27.7 Å². The van der Waals surface area contributed by atoms with E-state index < -0.39 is 5.54 Å². The Bertz CT molecular complexity index is 922. The van der Waals surface area contributed by atoms with Gasteiger partial charge in [-0.2, -0.15) is 5.10 Å². The van der Waals surface area contributed by atoms with Crippen LogP contribution in [0.4, 0.5) is 0 Å². The van der Waals surface area contributed by atoms with Crippen molar-refractivity contribution in [1.29, 1.82) is 0 Å². The van der Waals surface area contributed by atoms with Crippen LogP contribution < -0.4 is 21.1 Å². The lowest BCUT2D eigenvalue weighted by Gasteiger charge is -2.45. The molecule has 4 N–H and O–H groups in total. The van der Waals surface area contributed by atoms with Crippen molar-refractivity contribution in [3.8, 4) is 5.88 Å². The molecule has 2 atom stereocenters. The molecule has 188 valence electrons. The highest BCUT2D eigenvalue weighted by Gasteiger charge is 2.43. The molecule has 0 spiro atoms. The maximum atomic E-state index is 13.4. The molecule has 3 amide bonds. The molecule has 2 aliphatic rings. The third-order valence-corrected chi connectivity index (χ3v) is 6.72. The molecule has 34 heavy (non-hydrogen) atoms. The van der Waals surface area contributed by atoms with Gasteiger partial charge in [0.15, 0.2) is 0 Å². The van der Waals surface area contributed by atoms with Gasteiger partial charge in [0.1, 0.15) is 5.56 Å². The number of nitrogens with one attached hydrogen (secondary N) is 2. The van der Waals surface area contributed by atoms with Gasteiger partial charge in [-0.25, -0.2) is 4.68 Å². The second-order valence-corrected chi connectivity index (χ2v) is 10.8. The summed E-state index contributed by atoms with van der Waals surface area (Å²) >= 11 is 0. The number of fused-ring (bicyclic) bond motifs is 2. The largest absolute Gasteiger partial charge is 0.477 e. The SMILES string of the molecule is CC(=O)NC(C)(C)/C=C/n1ncc(C(=O)N[C@H]2C3CCCC2C[C@@H](C(N)=O)C3)c1OCC(C)C. The smallest absolute Gasteiger partial charge is 0.258 e. The van der Waals surface area contributed by atoms with Crippen LogP contribution in [0.2, 0.25) is 0 Å². The Morgan fingerprint density at radius 2 is 1.91 bits per heavy atom. The van der Waals surface area contributed by atoms with Crippen LogP contribution in [0, 0.1) is 23.7 Å². The first-order chi connectivity index (χ1) is 16.0. The minimum Gasteiger partial charge on any atom is -0.477 e. The maximum Gasteiger partial charge on any atom is 0.258 e. The first-order valence-electron chi connectivity index (χ1n) is 12.3. The topological polar surface area (TPSA) is 128 Å². The number of ether oxygens (including phenoxy) is 1. The summed E-state index contributed by atoms with van der Waals surface area (Å²) in [5.74, 6) is 0.445. The zero-order valence-corrected chi connectivity index (χ0v) is 21.0. The summed E-state index contributed by atoms with van der Waals surface area (Å²) in [6.45, 7) is 9.72. The van der Waals surface area contributed by atoms with Gasteiger partial charge in [0.2, 0.25) is 17.7 Å². The van der Waals surface area contributed by atoms with E-state index in [-0.39, 0.29) is 47.4 Å². The quantitative estimate of drug-likeness (QED) is 0.508. The molecule has 3 rings (SSSR count). The van der Waals surface area contributed by atoms with Crippen molar-refractivity contribution in [1.82, 2.24) is 20.4 Å². The number of aromatic nitrogens is 2. The van der Waals surface area contributed by atoms with Crippen LogP contribution in [0.25, 0.3) is 6.20 Å². The van der Waals surface area contributed by atoms with Crippen LogP contribution >= 0.6 is 0 Å². The average molecular weight is 474 g/mol. The summed E-state index contributed by atoms with van der Waals surface area (Å²) in [5, 5.41) is 10.5. The minimum absolute atomic E-state index is 0.0207. The second kappa shape index (κ2) is 10.6. The Kier molecular flexibility index (Phi) is 8.05. The molecule has 2 aliphatic carbocycles. The van der Waals surface area contributed by atoms with E-state index in [2.05, 4.69) is 15.7 Å². The van der Waals surface area contributed by atoms with Crippen LogP contribution in [0.1, 0.15) is 77.1 Å². The maximum absolute atomic E-state index is 13.4. The summed E-state index contributed by atoms with van der Waals surface area (Å²) in [6, 6.07) is 0.0207. The molecule has 0 saturated heterocycles. The number of carbonyl (C=O) groups excluding carboxylic acids is 3. The van der Waals surface area contributed by atoms with Gasteiger partial charge in [0.25, 0.3) is 5.91 Å². The molecule has 2 saturated carbocycles. The number of nitrogens with two attached hydrogens (primary N) is 1. The lowest BCUT2D eigenvalue weighted by molar-refractivity contribution is -0.124. The number of rotatable bonds is 9. The van der Waals surface area contributed by atoms with Crippen molar-refractivity contribution in [3.63, 3.8) is 0 Å². The third kappa shape index (κ3) is 6.39. The van der Waals surface area contributed by atoms with Gasteiger partial charge in [-0.1, -0.05) is 20.3 Å². The highest BCUT2D eigenvalue weighted by molar-refractivity contribution is 5.96. The lowest BCUT2D eigenvalue weighted by atomic mass is 9.64. The standard InChI is InChI=1S/C25H39N5O4/c1-15(2)14-34-24-20(13-27-30(24)10-9-25(4,5)29-16(3)31)23(33)28-21-17-7-6-8-18(21)12-19(11-17)22(26)32/h9-10,13,15,17-19,21H,6-8,11-12,14H2,1-5H3,(H2,26,32)(H,28,33)(H,29,31)/b10-9+/t17?,18?,19-,21-. The zero-order chi connectivity index (χ0) is 25.0. The predicted molar refractivity (Wildman–Crippen MR) is 130 cm³/mol. The molecular formula is C25H39N5O4. The molecule has 2 fully saturated rings. The van der Waals surface area contributed by atoms with Crippen molar-refractivity contribution >= 4 is 23.9 Å². The van der Waals surface area contributed by atoms with Crippen LogP contribution in [0.5, 0.6) is 5.88 Å². The van der Waals surface area contributed by atoms with Crippen LogP contribution in [-0.4, -0.2) is 45.7 Å². The fourth-order valence-corrected chi connectivity index (χ4v) is 5.19. The third-order valence-electron chi connectivity index (χ3n) is 6.72. The van der Waals surface area contributed by atoms with Gasteiger partial charge in [0.05, 0.1) is 18.3 Å². The molecule has 0 radical (unpaired) electrons. The van der Waals surface area contributed by atoms with Crippen LogP contribution in [0.15, 0.2) is 12.3 Å². The number of hydrogen-bond donors (Lipinski definition) is 3. The summed E-state index contributed by atoms with van der Waals surface area (Å²) in [6.07, 6.45) is 9.58. The Morgan fingerprint density at radius 1 is 1.26 bits per heavy atom. The fourth-order valence-electron chi connectivity index (χ4n) is 5.19. The number of nitrogens with zero attached hydrogens (tertiary/aromatic N) is 2. The Morgan fingerprint density at radius 3 is 2.47 bits per heavy atom.